The number of hydrogen-bond acceptors (Lipinski definition) is 5. The number of thioether (sulfide) groups is 1. The average Bonchev–Trinajstić information content (AvgIpc) is 3.05. The highest BCUT2D eigenvalue weighted by Gasteiger charge is 2.23. The van der Waals surface area contributed by atoms with E-state index < -0.39 is 0 Å². The van der Waals surface area contributed by atoms with Crippen molar-refractivity contribution in [3.05, 3.63) is 64.7 Å². The number of likely N-dealkylation sites (tertiary alicyclic amines) is 1. The van der Waals surface area contributed by atoms with Gasteiger partial charge in [-0.2, -0.15) is 0 Å². The maximum Gasteiger partial charge on any atom is 0.224 e. The molecule has 4 rings (SSSR count). The maximum atomic E-state index is 13.0. The zero-order chi connectivity index (χ0) is 22.3. The molecule has 0 unspecified atom stereocenters. The van der Waals surface area contributed by atoms with E-state index in [1.54, 1.807) is 11.8 Å². The van der Waals surface area contributed by atoms with Crippen molar-refractivity contribution in [3.63, 3.8) is 0 Å². The van der Waals surface area contributed by atoms with Crippen molar-refractivity contribution < 1.29 is 15.0 Å². The number of fused-ring (bicyclic) bond motifs is 1. The summed E-state index contributed by atoms with van der Waals surface area (Å²) in [7, 11) is 0. The highest BCUT2D eigenvalue weighted by Crippen LogP contribution is 2.31. The lowest BCUT2D eigenvalue weighted by molar-refractivity contribution is -0.132. The molecule has 172 valence electrons. The summed E-state index contributed by atoms with van der Waals surface area (Å²) in [5, 5.41) is 19.2. The second-order valence-corrected chi connectivity index (χ2v) is 10.1. The smallest absolute Gasteiger partial charge is 0.224 e. The summed E-state index contributed by atoms with van der Waals surface area (Å²) < 4.78 is 0. The lowest BCUT2D eigenvalue weighted by Crippen LogP contribution is -2.38. The largest absolute Gasteiger partial charge is 0.392 e. The summed E-state index contributed by atoms with van der Waals surface area (Å²) in [6.07, 6.45) is 4.12. The van der Waals surface area contributed by atoms with Crippen molar-refractivity contribution >= 4 is 17.7 Å². The van der Waals surface area contributed by atoms with Crippen LogP contribution < -0.4 is 0 Å². The van der Waals surface area contributed by atoms with Crippen LogP contribution in [0.15, 0.2) is 47.4 Å². The summed E-state index contributed by atoms with van der Waals surface area (Å²) in [5.74, 6) is 1.81. The van der Waals surface area contributed by atoms with Crippen molar-refractivity contribution in [2.75, 3.05) is 31.9 Å². The van der Waals surface area contributed by atoms with E-state index in [2.05, 4.69) is 35.2 Å². The Balaban J connectivity index is 1.26. The first-order valence-corrected chi connectivity index (χ1v) is 12.7. The van der Waals surface area contributed by atoms with Crippen molar-refractivity contribution in [2.24, 2.45) is 5.92 Å². The minimum atomic E-state index is -0.0952. The number of carbonyl (C=O) groups is 1. The lowest BCUT2D eigenvalue weighted by Gasteiger charge is -2.32. The molecule has 6 heteroatoms. The van der Waals surface area contributed by atoms with E-state index in [4.69, 9.17) is 0 Å². The van der Waals surface area contributed by atoms with E-state index in [1.165, 1.54) is 18.4 Å². The van der Waals surface area contributed by atoms with Crippen LogP contribution in [0.5, 0.6) is 0 Å². The minimum Gasteiger partial charge on any atom is -0.392 e. The van der Waals surface area contributed by atoms with Crippen molar-refractivity contribution in [1.29, 1.82) is 0 Å². The van der Waals surface area contributed by atoms with E-state index >= 15 is 0 Å². The van der Waals surface area contributed by atoms with Crippen LogP contribution in [0.2, 0.25) is 0 Å². The van der Waals surface area contributed by atoms with Gasteiger partial charge in [0, 0.05) is 36.7 Å². The first-order valence-electron chi connectivity index (χ1n) is 11.7. The first kappa shape index (κ1) is 23.3. The van der Waals surface area contributed by atoms with Crippen LogP contribution in [-0.2, 0) is 31.0 Å². The van der Waals surface area contributed by atoms with Gasteiger partial charge in [0.25, 0.3) is 0 Å². The summed E-state index contributed by atoms with van der Waals surface area (Å²) in [6.45, 7) is 4.13. The SMILES string of the molecule is O=C(CCN1CCC(Cc2ccccc2)CC1)N1CCSc2cc(CO)c(CO)cc2C1. The van der Waals surface area contributed by atoms with Crippen LogP contribution in [0.25, 0.3) is 0 Å². The van der Waals surface area contributed by atoms with Gasteiger partial charge in [-0.25, -0.2) is 0 Å². The number of rotatable bonds is 7. The normalized spacial score (nSPS) is 17.8. The molecule has 0 aromatic heterocycles. The number of nitrogens with zero attached hydrogens (tertiary/aromatic N) is 2. The molecule has 0 spiro atoms. The van der Waals surface area contributed by atoms with E-state index in [1.807, 2.05) is 17.0 Å². The Bertz CT molecular complexity index is 897. The van der Waals surface area contributed by atoms with Gasteiger partial charge in [0.1, 0.15) is 0 Å². The molecule has 2 aromatic carbocycles. The Morgan fingerprint density at radius 3 is 2.44 bits per heavy atom. The van der Waals surface area contributed by atoms with Gasteiger partial charge in [0.15, 0.2) is 0 Å². The minimum absolute atomic E-state index is 0.0750. The van der Waals surface area contributed by atoms with Gasteiger partial charge in [0.2, 0.25) is 5.91 Å². The van der Waals surface area contributed by atoms with Crippen LogP contribution >= 0.6 is 11.8 Å². The second-order valence-electron chi connectivity index (χ2n) is 8.93. The average molecular weight is 455 g/mol. The summed E-state index contributed by atoms with van der Waals surface area (Å²) >= 11 is 1.73. The number of aliphatic hydroxyl groups is 2. The molecule has 2 aliphatic rings. The fraction of sp³-hybridized carbons (Fsp3) is 0.500. The summed E-state index contributed by atoms with van der Waals surface area (Å²) in [6, 6.07) is 14.7. The van der Waals surface area contributed by atoms with Crippen LogP contribution in [0.1, 0.15) is 41.5 Å². The van der Waals surface area contributed by atoms with Gasteiger partial charge in [-0.05, 0) is 66.6 Å². The first-order chi connectivity index (χ1) is 15.7. The van der Waals surface area contributed by atoms with E-state index in [0.29, 0.717) is 13.0 Å². The molecule has 5 nitrogen and oxygen atoms in total. The molecule has 32 heavy (non-hydrogen) atoms. The quantitative estimate of drug-likeness (QED) is 0.671. The molecule has 1 fully saturated rings. The Morgan fingerprint density at radius 2 is 1.72 bits per heavy atom. The molecule has 2 N–H and O–H groups in total. The fourth-order valence-corrected chi connectivity index (χ4v) is 5.87. The molecular weight excluding hydrogens is 420 g/mol. The zero-order valence-electron chi connectivity index (χ0n) is 18.7. The van der Waals surface area contributed by atoms with Crippen molar-refractivity contribution in [1.82, 2.24) is 9.80 Å². The van der Waals surface area contributed by atoms with Gasteiger partial charge < -0.3 is 20.0 Å². The zero-order valence-corrected chi connectivity index (χ0v) is 19.5. The van der Waals surface area contributed by atoms with Crippen LogP contribution in [0.3, 0.4) is 0 Å². The molecule has 2 aliphatic heterocycles. The third-order valence-electron chi connectivity index (χ3n) is 6.77. The predicted octanol–water partition coefficient (Wildman–Crippen LogP) is 3.45. The molecule has 0 saturated carbocycles. The van der Waals surface area contributed by atoms with Crippen LogP contribution in [0.4, 0.5) is 0 Å². The maximum absolute atomic E-state index is 13.0. The molecular formula is C26H34N2O3S. The summed E-state index contributed by atoms with van der Waals surface area (Å²) in [5.41, 5.74) is 4.02. The fourth-order valence-electron chi connectivity index (χ4n) is 4.81. The molecule has 0 aliphatic carbocycles. The Hall–Kier alpha value is -1.86. The van der Waals surface area contributed by atoms with Crippen molar-refractivity contribution in [2.45, 2.75) is 50.3 Å². The molecule has 0 radical (unpaired) electrons. The van der Waals surface area contributed by atoms with Gasteiger partial charge in [-0.3, -0.25) is 4.79 Å². The number of amides is 1. The lowest BCUT2D eigenvalue weighted by atomic mass is 9.90. The number of hydrogen-bond donors (Lipinski definition) is 2. The van der Waals surface area contributed by atoms with Crippen molar-refractivity contribution in [3.8, 4) is 0 Å². The number of carbonyl (C=O) groups excluding carboxylic acids is 1. The molecule has 2 heterocycles. The van der Waals surface area contributed by atoms with Gasteiger partial charge in [-0.1, -0.05) is 36.4 Å². The number of aliphatic hydroxyl groups excluding tert-OH is 2. The third kappa shape index (κ3) is 5.93. The highest BCUT2D eigenvalue weighted by molar-refractivity contribution is 7.99. The molecule has 1 amide bonds. The van der Waals surface area contributed by atoms with Crippen LogP contribution in [-0.4, -0.2) is 57.9 Å². The topological polar surface area (TPSA) is 64.0 Å². The summed E-state index contributed by atoms with van der Waals surface area (Å²) in [4.78, 5) is 18.5. The molecule has 0 atom stereocenters. The Morgan fingerprint density at radius 1 is 1.00 bits per heavy atom. The Kier molecular flexibility index (Phi) is 8.25. The van der Waals surface area contributed by atoms with E-state index in [0.717, 1.165) is 65.9 Å². The number of piperidine rings is 1. The highest BCUT2D eigenvalue weighted by atomic mass is 32.2. The predicted molar refractivity (Wildman–Crippen MR) is 128 cm³/mol. The molecule has 1 saturated heterocycles. The Labute approximate surface area is 195 Å². The van der Waals surface area contributed by atoms with Gasteiger partial charge >= 0.3 is 0 Å². The second kappa shape index (κ2) is 11.3. The third-order valence-corrected chi connectivity index (χ3v) is 7.85. The van der Waals surface area contributed by atoms with Gasteiger partial charge in [0.05, 0.1) is 13.2 Å². The molecule has 0 bridgehead atoms. The van der Waals surface area contributed by atoms with E-state index in [-0.39, 0.29) is 19.1 Å². The molecule has 2 aromatic rings. The standard InChI is InChI=1S/C26H34N2O3S/c29-18-23-15-22-17-28(12-13-32-25(22)16-24(23)19-30)26(31)8-11-27-9-6-21(7-10-27)14-20-4-2-1-3-5-20/h1-5,15-16,21,29-30H,6-14,17-19H2. The van der Waals surface area contributed by atoms with E-state index in [9.17, 15) is 15.0 Å². The monoisotopic (exact) mass is 454 g/mol. The van der Waals surface area contributed by atoms with Crippen LogP contribution in [0, 0.1) is 5.92 Å². The number of benzene rings is 2. The van der Waals surface area contributed by atoms with Gasteiger partial charge in [-0.15, -0.1) is 11.8 Å².